The molecule has 0 aromatic carbocycles. The molecule has 4 heteroatoms. The topological polar surface area (TPSA) is 46.5 Å². The van der Waals surface area contributed by atoms with Crippen LogP contribution < -0.4 is 0 Å². The third-order valence-electron chi connectivity index (χ3n) is 9.05. The van der Waals surface area contributed by atoms with Crippen LogP contribution in [0, 0.1) is 34.5 Å². The zero-order chi connectivity index (χ0) is 18.7. The number of hydrogen-bond acceptors (Lipinski definition) is 3. The SMILES string of the molecule is CC(=O)OC1CC[C@@]2(C)C(=CC[C@H]3[C@@H]4CC[C@H](C(C)O)[C@@]4(C)CC[C@@H]32)C1.[Na]. The van der Waals surface area contributed by atoms with Gasteiger partial charge in [-0.25, -0.2) is 0 Å². The number of esters is 1. The molecule has 2 unspecified atom stereocenters. The van der Waals surface area contributed by atoms with Gasteiger partial charge in [-0.05, 0) is 86.4 Å². The molecule has 0 aromatic heterocycles. The molecule has 0 aliphatic heterocycles. The molecule has 3 nitrogen and oxygen atoms in total. The summed E-state index contributed by atoms with van der Waals surface area (Å²) in [7, 11) is 0. The molecule has 0 bridgehead atoms. The Kier molecular flexibility index (Phi) is 6.30. The van der Waals surface area contributed by atoms with Crippen molar-refractivity contribution in [2.45, 2.75) is 91.3 Å². The van der Waals surface area contributed by atoms with Gasteiger partial charge >= 0.3 is 5.97 Å². The summed E-state index contributed by atoms with van der Waals surface area (Å²) in [6, 6.07) is 0. The predicted octanol–water partition coefficient (Wildman–Crippen LogP) is 4.50. The van der Waals surface area contributed by atoms with Gasteiger partial charge < -0.3 is 9.84 Å². The number of allylic oxidation sites excluding steroid dienone is 1. The Hall–Kier alpha value is 0.170. The second-order valence-corrected chi connectivity index (χ2v) is 10.2. The molecule has 147 valence electrons. The number of fused-ring (bicyclic) bond motifs is 5. The number of carbonyl (C=O) groups excluding carboxylic acids is 1. The molecule has 0 spiro atoms. The average Bonchev–Trinajstić information content (AvgIpc) is 2.92. The van der Waals surface area contributed by atoms with Crippen molar-refractivity contribution in [2.75, 3.05) is 0 Å². The summed E-state index contributed by atoms with van der Waals surface area (Å²) < 4.78 is 5.54. The standard InChI is InChI=1S/C23H36O3.Na/c1-14(24)19-7-8-20-18-6-5-16-13-17(26-15(2)25)9-11-22(16,3)21(18)10-12-23(19,20)4;/h5,14,17-21,24H,6-13H2,1-4H3;/t14?,17?,18-,19+,20-,21-,22-,23+;/m0./s1. The molecule has 1 N–H and O–H groups in total. The van der Waals surface area contributed by atoms with Crippen LogP contribution in [-0.2, 0) is 9.53 Å². The van der Waals surface area contributed by atoms with Crippen LogP contribution >= 0.6 is 0 Å². The van der Waals surface area contributed by atoms with Gasteiger partial charge in [-0.1, -0.05) is 25.5 Å². The van der Waals surface area contributed by atoms with Gasteiger partial charge in [0.05, 0.1) is 6.10 Å². The van der Waals surface area contributed by atoms with Crippen LogP contribution in [0.5, 0.6) is 0 Å². The third kappa shape index (κ3) is 3.49. The van der Waals surface area contributed by atoms with Gasteiger partial charge in [-0.3, -0.25) is 4.79 Å². The van der Waals surface area contributed by atoms with Crippen LogP contribution in [-0.4, -0.2) is 52.8 Å². The molecule has 0 saturated heterocycles. The largest absolute Gasteiger partial charge is 0.462 e. The van der Waals surface area contributed by atoms with Crippen molar-refractivity contribution in [3.63, 3.8) is 0 Å². The number of aliphatic hydroxyl groups excluding tert-OH is 1. The Balaban J connectivity index is 0.00000210. The molecule has 0 aromatic rings. The molecule has 1 radical (unpaired) electrons. The van der Waals surface area contributed by atoms with Crippen LogP contribution in [0.2, 0.25) is 0 Å². The van der Waals surface area contributed by atoms with Crippen LogP contribution in [0.25, 0.3) is 0 Å². The summed E-state index contributed by atoms with van der Waals surface area (Å²) in [6.45, 7) is 8.49. The molecule has 4 aliphatic rings. The van der Waals surface area contributed by atoms with E-state index in [2.05, 4.69) is 19.9 Å². The predicted molar refractivity (Wildman–Crippen MR) is 108 cm³/mol. The van der Waals surface area contributed by atoms with Crippen LogP contribution in [0.15, 0.2) is 11.6 Å². The minimum absolute atomic E-state index is 0. The van der Waals surface area contributed by atoms with E-state index < -0.39 is 0 Å². The first-order valence-corrected chi connectivity index (χ1v) is 10.8. The van der Waals surface area contributed by atoms with Crippen molar-refractivity contribution in [1.82, 2.24) is 0 Å². The first-order valence-electron chi connectivity index (χ1n) is 10.8. The van der Waals surface area contributed by atoms with Crippen LogP contribution in [0.1, 0.15) is 79.1 Å². The maximum absolute atomic E-state index is 11.4. The van der Waals surface area contributed by atoms with Crippen molar-refractivity contribution in [1.29, 1.82) is 0 Å². The van der Waals surface area contributed by atoms with Gasteiger partial charge in [-0.15, -0.1) is 0 Å². The van der Waals surface area contributed by atoms with Crippen molar-refractivity contribution in [3.05, 3.63) is 11.6 Å². The summed E-state index contributed by atoms with van der Waals surface area (Å²) in [5, 5.41) is 10.3. The Morgan fingerprint density at radius 3 is 2.59 bits per heavy atom. The zero-order valence-electron chi connectivity index (χ0n) is 18.0. The molecule has 4 rings (SSSR count). The van der Waals surface area contributed by atoms with Gasteiger partial charge in [0.2, 0.25) is 0 Å². The number of carbonyl (C=O) groups is 1. The van der Waals surface area contributed by atoms with Crippen LogP contribution in [0.3, 0.4) is 0 Å². The molecule has 0 amide bonds. The van der Waals surface area contributed by atoms with E-state index in [0.29, 0.717) is 16.7 Å². The van der Waals surface area contributed by atoms with E-state index in [1.54, 1.807) is 5.57 Å². The second kappa shape index (κ2) is 7.78. The minimum atomic E-state index is -0.175. The quantitative estimate of drug-likeness (QED) is 0.434. The number of aliphatic hydroxyl groups is 1. The maximum Gasteiger partial charge on any atom is 0.302 e. The molecular formula is C23H36NaO3. The molecule has 3 saturated carbocycles. The zero-order valence-corrected chi connectivity index (χ0v) is 20.0. The maximum atomic E-state index is 11.4. The first kappa shape index (κ1) is 21.9. The summed E-state index contributed by atoms with van der Waals surface area (Å²) >= 11 is 0. The van der Waals surface area contributed by atoms with Gasteiger partial charge in [0, 0.05) is 42.9 Å². The van der Waals surface area contributed by atoms with E-state index in [1.807, 2.05) is 6.92 Å². The molecular weight excluding hydrogens is 347 g/mol. The van der Waals surface area contributed by atoms with Crippen LogP contribution in [0.4, 0.5) is 0 Å². The monoisotopic (exact) mass is 383 g/mol. The normalized spacial score (nSPS) is 46.9. The number of rotatable bonds is 2. The second-order valence-electron chi connectivity index (χ2n) is 10.2. The van der Waals surface area contributed by atoms with Crippen molar-refractivity contribution < 1.29 is 14.6 Å². The first-order chi connectivity index (χ1) is 12.3. The van der Waals surface area contributed by atoms with Crippen molar-refractivity contribution >= 4 is 35.5 Å². The molecule has 3 fully saturated rings. The van der Waals surface area contributed by atoms with E-state index in [1.165, 1.54) is 39.0 Å². The smallest absolute Gasteiger partial charge is 0.302 e. The van der Waals surface area contributed by atoms with Gasteiger partial charge in [0.1, 0.15) is 6.10 Å². The fourth-order valence-electron chi connectivity index (χ4n) is 7.80. The summed E-state index contributed by atoms with van der Waals surface area (Å²) in [5.41, 5.74) is 2.18. The number of ether oxygens (including phenoxy) is 1. The number of hydrogen-bond donors (Lipinski definition) is 1. The molecule has 8 atom stereocenters. The van der Waals surface area contributed by atoms with Crippen molar-refractivity contribution in [3.8, 4) is 0 Å². The minimum Gasteiger partial charge on any atom is -0.462 e. The van der Waals surface area contributed by atoms with Crippen molar-refractivity contribution in [2.24, 2.45) is 34.5 Å². The van der Waals surface area contributed by atoms with E-state index >= 15 is 0 Å². The van der Waals surface area contributed by atoms with E-state index in [-0.39, 0.29) is 47.7 Å². The summed E-state index contributed by atoms with van der Waals surface area (Å²) in [4.78, 5) is 11.4. The fraction of sp³-hybridized carbons (Fsp3) is 0.870. The van der Waals surface area contributed by atoms with Gasteiger partial charge in [-0.2, -0.15) is 0 Å². The fourth-order valence-corrected chi connectivity index (χ4v) is 7.80. The van der Waals surface area contributed by atoms with E-state index in [4.69, 9.17) is 4.74 Å². The Bertz CT molecular complexity index is 615. The molecule has 27 heavy (non-hydrogen) atoms. The Morgan fingerprint density at radius 2 is 1.93 bits per heavy atom. The van der Waals surface area contributed by atoms with Gasteiger partial charge in [0.25, 0.3) is 0 Å². The molecule has 0 heterocycles. The Morgan fingerprint density at radius 1 is 1.19 bits per heavy atom. The van der Waals surface area contributed by atoms with Gasteiger partial charge in [0.15, 0.2) is 0 Å². The summed E-state index contributed by atoms with van der Waals surface area (Å²) in [6.07, 6.45) is 11.8. The van der Waals surface area contributed by atoms with E-state index in [0.717, 1.165) is 37.0 Å². The van der Waals surface area contributed by atoms with E-state index in [9.17, 15) is 9.90 Å². The third-order valence-corrected chi connectivity index (χ3v) is 9.05. The average molecular weight is 384 g/mol. The molecule has 4 aliphatic carbocycles. The Labute approximate surface area is 187 Å². The summed E-state index contributed by atoms with van der Waals surface area (Å²) in [5.74, 6) is 2.65.